The van der Waals surface area contributed by atoms with Gasteiger partial charge in [0.05, 0.1) is 24.6 Å². The molecule has 1 aliphatic rings. The maximum Gasteiger partial charge on any atom is 0.273 e. The second-order valence-electron chi connectivity index (χ2n) is 7.82. The lowest BCUT2D eigenvalue weighted by molar-refractivity contribution is -0.918. The number of benzene rings is 2. The van der Waals surface area contributed by atoms with E-state index in [2.05, 4.69) is 34.5 Å². The highest BCUT2D eigenvalue weighted by Crippen LogP contribution is 2.21. The SMILES string of the molecule is Cc1c(C(=O)NC[C@H](c2ccc(N(C)C)cc2)[NH+]2CCCC2)cccc1[N+](=O)[O-]. The molecule has 3 rings (SSSR count). The minimum Gasteiger partial charge on any atom is -0.378 e. The zero-order chi connectivity index (χ0) is 21.0. The number of likely N-dealkylation sites (tertiary alicyclic amines) is 1. The van der Waals surface area contributed by atoms with E-state index in [1.54, 1.807) is 19.1 Å². The van der Waals surface area contributed by atoms with Crippen LogP contribution in [0.5, 0.6) is 0 Å². The number of carbonyl (C=O) groups excluding carboxylic acids is 1. The zero-order valence-electron chi connectivity index (χ0n) is 17.3. The molecule has 1 saturated heterocycles. The maximum atomic E-state index is 12.8. The van der Waals surface area contributed by atoms with Gasteiger partial charge < -0.3 is 15.1 Å². The average Bonchev–Trinajstić information content (AvgIpc) is 3.22. The molecular weight excluding hydrogens is 368 g/mol. The van der Waals surface area contributed by atoms with E-state index in [0.717, 1.165) is 18.8 Å². The van der Waals surface area contributed by atoms with Gasteiger partial charge in [0.25, 0.3) is 11.6 Å². The Kier molecular flexibility index (Phi) is 6.49. The van der Waals surface area contributed by atoms with Crippen molar-refractivity contribution in [1.82, 2.24) is 5.32 Å². The van der Waals surface area contributed by atoms with Crippen molar-refractivity contribution in [2.24, 2.45) is 0 Å². The Morgan fingerprint density at radius 3 is 2.41 bits per heavy atom. The van der Waals surface area contributed by atoms with Gasteiger partial charge in [0.1, 0.15) is 6.04 Å². The van der Waals surface area contributed by atoms with Crippen LogP contribution in [0.25, 0.3) is 0 Å². The predicted molar refractivity (Wildman–Crippen MR) is 114 cm³/mol. The summed E-state index contributed by atoms with van der Waals surface area (Å²) in [5, 5.41) is 14.2. The van der Waals surface area contributed by atoms with Crippen LogP contribution in [0.2, 0.25) is 0 Å². The number of anilines is 1. The normalized spacial score (nSPS) is 15.1. The largest absolute Gasteiger partial charge is 0.378 e. The Hall–Kier alpha value is -2.93. The van der Waals surface area contributed by atoms with Crippen molar-refractivity contribution in [3.63, 3.8) is 0 Å². The molecule has 154 valence electrons. The van der Waals surface area contributed by atoms with Crippen LogP contribution < -0.4 is 15.1 Å². The lowest BCUT2D eigenvalue weighted by Gasteiger charge is -2.26. The molecule has 1 fully saturated rings. The number of nitrogens with one attached hydrogen (secondary N) is 2. The third-order valence-electron chi connectivity index (χ3n) is 5.76. The summed E-state index contributed by atoms with van der Waals surface area (Å²) in [5.74, 6) is -0.264. The molecule has 2 aromatic rings. The van der Waals surface area contributed by atoms with Crippen LogP contribution in [0.15, 0.2) is 42.5 Å². The second-order valence-corrected chi connectivity index (χ2v) is 7.82. The summed E-state index contributed by atoms with van der Waals surface area (Å²) in [6.07, 6.45) is 2.39. The Balaban J connectivity index is 1.78. The summed E-state index contributed by atoms with van der Waals surface area (Å²) in [6, 6.07) is 13.3. The summed E-state index contributed by atoms with van der Waals surface area (Å²) in [5.41, 5.74) is 3.06. The Morgan fingerprint density at radius 2 is 1.83 bits per heavy atom. The fourth-order valence-electron chi connectivity index (χ4n) is 4.04. The highest BCUT2D eigenvalue weighted by Gasteiger charge is 2.28. The molecule has 29 heavy (non-hydrogen) atoms. The number of amides is 1. The number of hydrogen-bond donors (Lipinski definition) is 2. The quantitative estimate of drug-likeness (QED) is 0.554. The van der Waals surface area contributed by atoms with Crippen molar-refractivity contribution >= 4 is 17.3 Å². The topological polar surface area (TPSA) is 79.9 Å². The molecule has 2 aromatic carbocycles. The molecule has 0 radical (unpaired) electrons. The minimum absolute atomic E-state index is 0.0290. The fraction of sp³-hybridized carbons (Fsp3) is 0.409. The molecule has 1 aliphatic heterocycles. The number of nitrogens with zero attached hydrogens (tertiary/aromatic N) is 2. The highest BCUT2D eigenvalue weighted by molar-refractivity contribution is 5.96. The zero-order valence-corrected chi connectivity index (χ0v) is 17.3. The third kappa shape index (κ3) is 4.74. The van der Waals surface area contributed by atoms with Crippen LogP contribution in [-0.4, -0.2) is 44.6 Å². The molecule has 1 amide bonds. The van der Waals surface area contributed by atoms with Crippen LogP contribution >= 0.6 is 0 Å². The second kappa shape index (κ2) is 9.05. The summed E-state index contributed by atoms with van der Waals surface area (Å²) in [7, 11) is 4.03. The number of hydrogen-bond acceptors (Lipinski definition) is 4. The number of carbonyl (C=O) groups is 1. The molecular formula is C22H29N4O3+. The summed E-state index contributed by atoms with van der Waals surface area (Å²) < 4.78 is 0. The van der Waals surface area contributed by atoms with E-state index in [1.165, 1.54) is 29.4 Å². The Morgan fingerprint density at radius 1 is 1.17 bits per heavy atom. The molecule has 0 unspecified atom stereocenters. The van der Waals surface area contributed by atoms with Gasteiger partial charge in [0.2, 0.25) is 0 Å². The first kappa shape index (κ1) is 20.8. The Labute approximate surface area is 171 Å². The first-order valence-electron chi connectivity index (χ1n) is 10.0. The van der Waals surface area contributed by atoms with E-state index in [9.17, 15) is 14.9 Å². The van der Waals surface area contributed by atoms with Crippen molar-refractivity contribution in [2.45, 2.75) is 25.8 Å². The van der Waals surface area contributed by atoms with Crippen LogP contribution in [0.3, 0.4) is 0 Å². The van der Waals surface area contributed by atoms with Gasteiger partial charge in [-0.3, -0.25) is 14.9 Å². The van der Waals surface area contributed by atoms with Gasteiger partial charge in [-0.05, 0) is 25.1 Å². The van der Waals surface area contributed by atoms with Gasteiger partial charge in [-0.1, -0.05) is 18.2 Å². The molecule has 0 bridgehead atoms. The van der Waals surface area contributed by atoms with Crippen LogP contribution in [0.1, 0.15) is 40.4 Å². The molecule has 2 N–H and O–H groups in total. The lowest BCUT2D eigenvalue weighted by atomic mass is 10.0. The minimum atomic E-state index is -0.449. The van der Waals surface area contributed by atoms with Crippen molar-refractivity contribution in [3.8, 4) is 0 Å². The first-order chi connectivity index (χ1) is 13.9. The lowest BCUT2D eigenvalue weighted by Crippen LogP contribution is -3.11. The van der Waals surface area contributed by atoms with Crippen LogP contribution in [-0.2, 0) is 0 Å². The third-order valence-corrected chi connectivity index (χ3v) is 5.76. The molecule has 1 atom stereocenters. The fourth-order valence-corrected chi connectivity index (χ4v) is 4.04. The number of rotatable bonds is 7. The predicted octanol–water partition coefficient (Wildman–Crippen LogP) is 2.12. The Bertz CT molecular complexity index is 874. The van der Waals surface area contributed by atoms with Gasteiger partial charge in [0, 0.05) is 55.4 Å². The van der Waals surface area contributed by atoms with E-state index < -0.39 is 4.92 Å². The molecule has 0 aromatic heterocycles. The molecule has 0 saturated carbocycles. The molecule has 0 aliphatic carbocycles. The van der Waals surface area contributed by atoms with Gasteiger partial charge in [-0.15, -0.1) is 0 Å². The van der Waals surface area contributed by atoms with Gasteiger partial charge in [-0.2, -0.15) is 0 Å². The summed E-state index contributed by atoms with van der Waals surface area (Å²) >= 11 is 0. The number of nitro benzene ring substituents is 1. The van der Waals surface area contributed by atoms with Crippen LogP contribution in [0.4, 0.5) is 11.4 Å². The highest BCUT2D eigenvalue weighted by atomic mass is 16.6. The molecule has 0 spiro atoms. The smallest absolute Gasteiger partial charge is 0.273 e. The van der Waals surface area contributed by atoms with E-state index >= 15 is 0 Å². The average molecular weight is 397 g/mol. The van der Waals surface area contributed by atoms with E-state index in [0.29, 0.717) is 17.7 Å². The molecule has 7 nitrogen and oxygen atoms in total. The van der Waals surface area contributed by atoms with Gasteiger partial charge in [0.15, 0.2) is 0 Å². The number of quaternary nitrogens is 1. The van der Waals surface area contributed by atoms with Gasteiger partial charge >= 0.3 is 0 Å². The van der Waals surface area contributed by atoms with Gasteiger partial charge in [-0.25, -0.2) is 0 Å². The van der Waals surface area contributed by atoms with E-state index in [-0.39, 0.29) is 17.6 Å². The molecule has 7 heteroatoms. The summed E-state index contributed by atoms with van der Waals surface area (Å²) in [6.45, 7) is 4.30. The van der Waals surface area contributed by atoms with Crippen molar-refractivity contribution < 1.29 is 14.6 Å². The standard InChI is InChI=1S/C22H28N4O3/c1-16-19(7-6-8-20(16)26(28)29)22(27)23-15-21(25-13-4-5-14-25)17-9-11-18(12-10-17)24(2)3/h6-12,21H,4-5,13-15H2,1-3H3,(H,23,27)/p+1/t21-/m1/s1. The van der Waals surface area contributed by atoms with Crippen molar-refractivity contribution in [1.29, 1.82) is 0 Å². The van der Waals surface area contributed by atoms with E-state index in [1.807, 2.05) is 14.1 Å². The van der Waals surface area contributed by atoms with Crippen molar-refractivity contribution in [3.05, 3.63) is 69.3 Å². The monoisotopic (exact) mass is 397 g/mol. The first-order valence-corrected chi connectivity index (χ1v) is 10.0. The van der Waals surface area contributed by atoms with Crippen molar-refractivity contribution in [2.75, 3.05) is 38.6 Å². The van der Waals surface area contributed by atoms with E-state index in [4.69, 9.17) is 0 Å². The number of nitro groups is 1. The molecule has 1 heterocycles. The summed E-state index contributed by atoms with van der Waals surface area (Å²) in [4.78, 5) is 27.0. The van der Waals surface area contributed by atoms with Crippen LogP contribution in [0, 0.1) is 17.0 Å². The maximum absolute atomic E-state index is 12.8.